The third-order valence-corrected chi connectivity index (χ3v) is 3.95. The van der Waals surface area contributed by atoms with Crippen molar-refractivity contribution in [1.82, 2.24) is 4.90 Å². The number of hydrogen-bond acceptors (Lipinski definition) is 1. The Morgan fingerprint density at radius 1 is 1.19 bits per heavy atom. The van der Waals surface area contributed by atoms with Gasteiger partial charge in [-0.2, -0.15) is 0 Å². The summed E-state index contributed by atoms with van der Waals surface area (Å²) in [6.45, 7) is -4.01. The van der Waals surface area contributed by atoms with Crippen molar-refractivity contribution in [3.63, 3.8) is 0 Å². The van der Waals surface area contributed by atoms with Gasteiger partial charge in [-0.25, -0.2) is 0 Å². The second-order valence-corrected chi connectivity index (χ2v) is 5.37. The van der Waals surface area contributed by atoms with Crippen LogP contribution in [0.2, 0.25) is 0 Å². The molecule has 2 bridgehead atoms. The quantitative estimate of drug-likeness (QED) is 0.629. The summed E-state index contributed by atoms with van der Waals surface area (Å²) in [4.78, 5) is 1.46. The van der Waals surface area contributed by atoms with Gasteiger partial charge in [-0.3, -0.25) is 0 Å². The van der Waals surface area contributed by atoms with Crippen LogP contribution in [-0.4, -0.2) is 31.9 Å². The third kappa shape index (κ3) is 4.28. The van der Waals surface area contributed by atoms with E-state index in [9.17, 15) is 12.9 Å². The van der Waals surface area contributed by atoms with Gasteiger partial charge in [0.25, 0.3) is 0 Å². The summed E-state index contributed by atoms with van der Waals surface area (Å²) in [6.07, 6.45) is 4.30. The van der Waals surface area contributed by atoms with Crippen molar-refractivity contribution in [3.8, 4) is 0 Å². The maximum absolute atomic E-state index is 12.2. The van der Waals surface area contributed by atoms with Crippen molar-refractivity contribution in [2.24, 2.45) is 17.8 Å². The van der Waals surface area contributed by atoms with Crippen LogP contribution in [-0.2, 0) is 0 Å². The topological polar surface area (TPSA) is 3.24 Å². The number of fused-ring (bicyclic) bond motifs is 2. The summed E-state index contributed by atoms with van der Waals surface area (Å²) in [5.41, 5.74) is 0. The third-order valence-electron chi connectivity index (χ3n) is 3.95. The van der Waals surface area contributed by atoms with E-state index >= 15 is 0 Å². The van der Waals surface area contributed by atoms with Crippen molar-refractivity contribution < 1.29 is 64.3 Å². The first-order valence-electron chi connectivity index (χ1n) is 5.83. The average Bonchev–Trinajstić information content (AvgIpc) is 2.60. The molecule has 0 saturated heterocycles. The zero-order valence-corrected chi connectivity index (χ0v) is 13.3. The molecule has 1 nitrogen and oxygen atoms in total. The first-order valence-corrected chi connectivity index (χ1v) is 5.83. The van der Waals surface area contributed by atoms with Gasteiger partial charge < -0.3 is 17.8 Å². The summed E-state index contributed by atoms with van der Waals surface area (Å²) < 4.78 is 36.6. The maximum Gasteiger partial charge on any atom is 1.00 e. The Morgan fingerprint density at radius 2 is 1.88 bits per heavy atom. The first kappa shape index (κ1) is 15.5. The molecule has 0 aliphatic heterocycles. The molecule has 0 aromatic rings. The minimum Gasteiger partial charge on any atom is -0.448 e. The van der Waals surface area contributed by atoms with Crippen LogP contribution in [0, 0.1) is 17.8 Å². The fourth-order valence-corrected chi connectivity index (χ4v) is 3.43. The molecule has 16 heavy (non-hydrogen) atoms. The molecule has 2 aliphatic rings. The molecule has 0 heterocycles. The summed E-state index contributed by atoms with van der Waals surface area (Å²) in [7, 11) is 1.60. The van der Waals surface area contributed by atoms with E-state index in [0.29, 0.717) is 12.5 Å². The fraction of sp³-hybridized carbons (Fsp3) is 1.00. The van der Waals surface area contributed by atoms with Crippen LogP contribution in [0.15, 0.2) is 0 Å². The Balaban J connectivity index is 0.00000128. The SMILES string of the molecule is CN(CC1CC2CCC1C2)C[B-](F)(F)F.[K+]. The van der Waals surface area contributed by atoms with Gasteiger partial charge >= 0.3 is 58.4 Å². The molecule has 2 fully saturated rings. The summed E-state index contributed by atoms with van der Waals surface area (Å²) >= 11 is 0. The molecule has 3 unspecified atom stereocenters. The molecule has 0 radical (unpaired) electrons. The molecule has 0 aromatic carbocycles. The largest absolute Gasteiger partial charge is 1.00 e. The number of hydrogen-bond donors (Lipinski definition) is 0. The standard InChI is InChI=1S/C10H18BF3N.K/c1-15(7-11(12,13)14)6-10-5-8-2-3-9(10)4-8;/h8-10H,2-7H2,1H3;/q-1;+1. The Labute approximate surface area is 138 Å². The molecule has 0 amide bonds. The van der Waals surface area contributed by atoms with Crippen LogP contribution < -0.4 is 51.4 Å². The normalized spacial score (nSPS) is 33.2. The van der Waals surface area contributed by atoms with E-state index in [1.165, 1.54) is 30.6 Å². The van der Waals surface area contributed by atoms with Gasteiger partial charge in [0, 0.05) is 0 Å². The zero-order valence-electron chi connectivity index (χ0n) is 10.1. The number of rotatable bonds is 4. The van der Waals surface area contributed by atoms with Gasteiger partial charge in [-0.15, -0.1) is 0 Å². The van der Waals surface area contributed by atoms with Crippen molar-refractivity contribution in [1.29, 1.82) is 0 Å². The number of nitrogens with zero attached hydrogens (tertiary/aromatic N) is 1. The second kappa shape index (κ2) is 6.06. The van der Waals surface area contributed by atoms with Gasteiger partial charge in [0.2, 0.25) is 0 Å². The molecule has 2 aliphatic carbocycles. The van der Waals surface area contributed by atoms with Gasteiger partial charge in [0.1, 0.15) is 0 Å². The average molecular weight is 259 g/mol. The Morgan fingerprint density at radius 3 is 2.31 bits per heavy atom. The van der Waals surface area contributed by atoms with Crippen molar-refractivity contribution in [3.05, 3.63) is 0 Å². The van der Waals surface area contributed by atoms with Gasteiger partial charge in [-0.1, -0.05) is 6.42 Å². The molecule has 3 atom stereocenters. The minimum atomic E-state index is -4.65. The summed E-state index contributed by atoms with van der Waals surface area (Å²) in [5, 5.41) is 0. The van der Waals surface area contributed by atoms with E-state index in [1.54, 1.807) is 7.05 Å². The monoisotopic (exact) mass is 259 g/mol. The van der Waals surface area contributed by atoms with Crippen molar-refractivity contribution >= 4 is 6.98 Å². The first-order chi connectivity index (χ1) is 6.94. The zero-order chi connectivity index (χ0) is 11.1. The molecule has 88 valence electrons. The predicted octanol–water partition coefficient (Wildman–Crippen LogP) is -0.255. The van der Waals surface area contributed by atoms with Gasteiger partial charge in [0.05, 0.1) is 0 Å². The van der Waals surface area contributed by atoms with Gasteiger partial charge in [-0.05, 0) is 57.1 Å². The Bertz CT molecular complexity index is 237. The van der Waals surface area contributed by atoms with E-state index in [2.05, 4.69) is 0 Å². The molecular formula is C10H18BF3KN. The van der Waals surface area contributed by atoms with Crippen LogP contribution in [0.3, 0.4) is 0 Å². The fourth-order valence-electron chi connectivity index (χ4n) is 3.43. The van der Waals surface area contributed by atoms with Crippen molar-refractivity contribution in [2.45, 2.75) is 25.7 Å². The van der Waals surface area contributed by atoms with Crippen LogP contribution in [0.1, 0.15) is 25.7 Å². The predicted molar refractivity (Wildman–Crippen MR) is 55.5 cm³/mol. The minimum absolute atomic E-state index is 0. The molecule has 2 saturated carbocycles. The molecular weight excluding hydrogens is 241 g/mol. The van der Waals surface area contributed by atoms with Crippen LogP contribution in [0.25, 0.3) is 0 Å². The smallest absolute Gasteiger partial charge is 0.448 e. The van der Waals surface area contributed by atoms with Crippen LogP contribution in [0.4, 0.5) is 12.9 Å². The second-order valence-electron chi connectivity index (χ2n) is 5.37. The van der Waals surface area contributed by atoms with Crippen molar-refractivity contribution in [2.75, 3.05) is 20.0 Å². The molecule has 0 spiro atoms. The summed E-state index contributed by atoms with van der Waals surface area (Å²) in [5.74, 6) is 2.08. The van der Waals surface area contributed by atoms with Crippen LogP contribution in [0.5, 0.6) is 0 Å². The Hall–Kier alpha value is 1.45. The van der Waals surface area contributed by atoms with E-state index in [4.69, 9.17) is 0 Å². The summed E-state index contributed by atoms with van der Waals surface area (Å²) in [6, 6.07) is 0. The molecule has 6 heteroatoms. The Kier molecular flexibility index (Phi) is 5.88. The maximum atomic E-state index is 12.2. The van der Waals surface area contributed by atoms with E-state index in [0.717, 1.165) is 11.8 Å². The van der Waals surface area contributed by atoms with E-state index < -0.39 is 13.4 Å². The van der Waals surface area contributed by atoms with Gasteiger partial charge in [0.15, 0.2) is 0 Å². The molecule has 0 N–H and O–H groups in total. The van der Waals surface area contributed by atoms with Crippen LogP contribution >= 0.6 is 0 Å². The van der Waals surface area contributed by atoms with E-state index in [1.807, 2.05) is 0 Å². The van der Waals surface area contributed by atoms with E-state index in [-0.39, 0.29) is 51.4 Å². The number of halogens is 3. The molecule has 2 rings (SSSR count). The molecule has 0 aromatic heterocycles.